The second kappa shape index (κ2) is 17.4. The van der Waals surface area contributed by atoms with Crippen molar-refractivity contribution in [2.24, 2.45) is 0 Å². The van der Waals surface area contributed by atoms with Crippen LogP contribution in [0.25, 0.3) is 0 Å². The first-order valence-electron chi connectivity index (χ1n) is 14.2. The molecule has 0 spiro atoms. The van der Waals surface area contributed by atoms with E-state index in [9.17, 15) is 33.9 Å². The van der Waals surface area contributed by atoms with Crippen LogP contribution in [-0.2, 0) is 39.9 Å². The largest absolute Gasteiger partial charge is 0.469 e. The van der Waals surface area contributed by atoms with Crippen molar-refractivity contribution in [3.05, 3.63) is 35.9 Å². The lowest BCUT2D eigenvalue weighted by atomic mass is 10.0. The number of carbonyl (C=O) groups excluding carboxylic acids is 6. The Morgan fingerprint density at radius 2 is 1.53 bits per heavy atom. The van der Waals surface area contributed by atoms with Crippen LogP contribution in [0.2, 0.25) is 0 Å². The summed E-state index contributed by atoms with van der Waals surface area (Å²) < 4.78 is 4.48. The summed E-state index contributed by atoms with van der Waals surface area (Å²) in [6.45, 7) is 4.66. The Morgan fingerprint density at radius 3 is 2.14 bits per heavy atom. The summed E-state index contributed by atoms with van der Waals surface area (Å²) in [5.74, 6) is -3.31. The highest BCUT2D eigenvalue weighted by Gasteiger charge is 2.38. The van der Waals surface area contributed by atoms with Gasteiger partial charge < -0.3 is 36.0 Å². The molecule has 1 aliphatic rings. The number of hydrogen-bond donors (Lipinski definition) is 5. The van der Waals surface area contributed by atoms with Crippen molar-refractivity contribution in [2.75, 3.05) is 19.5 Å². The van der Waals surface area contributed by atoms with Gasteiger partial charge in [-0.2, -0.15) is 0 Å². The number of benzene rings is 1. The van der Waals surface area contributed by atoms with E-state index in [0.29, 0.717) is 25.8 Å². The SMILES string of the molecule is COC(=O)CCC(=O)N[C@@H](C)C(=O)N[C@H](C)C(=O)N[C@@H](C)C(=O)N1CCC[C@H]1C(=O)NC(Cc1ccccc1)C(O)CCl. The molecule has 13 nitrogen and oxygen atoms in total. The maximum Gasteiger partial charge on any atom is 0.306 e. The van der Waals surface area contributed by atoms with Gasteiger partial charge >= 0.3 is 5.97 Å². The van der Waals surface area contributed by atoms with E-state index >= 15 is 0 Å². The average molecular weight is 624 g/mol. The summed E-state index contributed by atoms with van der Waals surface area (Å²) in [4.78, 5) is 76.2. The third kappa shape index (κ3) is 11.1. The maximum atomic E-state index is 13.3. The Kier molecular flexibility index (Phi) is 14.4. The van der Waals surface area contributed by atoms with Gasteiger partial charge in [0.05, 0.1) is 31.6 Å². The van der Waals surface area contributed by atoms with Crippen molar-refractivity contribution in [1.29, 1.82) is 0 Å². The standard InChI is InChI=1S/C29H42ClN5O8/c1-17(31-24(37)12-13-25(38)43-4)26(39)32-18(2)27(40)33-19(3)29(42)35-14-8-11-22(35)28(41)34-21(23(36)16-30)15-20-9-6-5-7-10-20/h5-7,9-10,17-19,21-23,36H,8,11-16H2,1-4H3,(H,31,37)(H,32,39)(H,33,40)(H,34,41)/t17-,18+,19-,21?,22-,23?/m0/s1. The zero-order chi connectivity index (χ0) is 32.1. The molecule has 5 amide bonds. The Labute approximate surface area is 256 Å². The van der Waals surface area contributed by atoms with E-state index < -0.39 is 71.8 Å². The van der Waals surface area contributed by atoms with Crippen LogP contribution in [0.4, 0.5) is 0 Å². The van der Waals surface area contributed by atoms with Crippen molar-refractivity contribution in [3.8, 4) is 0 Å². The number of alkyl halides is 1. The highest BCUT2D eigenvalue weighted by atomic mass is 35.5. The first-order chi connectivity index (χ1) is 20.4. The van der Waals surface area contributed by atoms with Crippen molar-refractivity contribution >= 4 is 47.1 Å². The number of aliphatic hydroxyl groups is 1. The van der Waals surface area contributed by atoms with Gasteiger partial charge in [-0.05, 0) is 45.6 Å². The van der Waals surface area contributed by atoms with Crippen LogP contribution in [0.5, 0.6) is 0 Å². The quantitative estimate of drug-likeness (QED) is 0.131. The zero-order valence-electron chi connectivity index (χ0n) is 24.9. The Balaban J connectivity index is 1.91. The molecule has 1 fully saturated rings. The molecular weight excluding hydrogens is 582 g/mol. The van der Waals surface area contributed by atoms with Crippen LogP contribution >= 0.6 is 11.6 Å². The third-order valence-corrected chi connectivity index (χ3v) is 7.44. The molecule has 1 aromatic carbocycles. The highest BCUT2D eigenvalue weighted by Crippen LogP contribution is 2.19. The van der Waals surface area contributed by atoms with Crippen LogP contribution in [-0.4, -0.2) is 101 Å². The molecule has 0 saturated carbocycles. The summed E-state index contributed by atoms with van der Waals surface area (Å²) in [6.07, 6.45) is 0.0701. The van der Waals surface area contributed by atoms with Crippen molar-refractivity contribution in [1.82, 2.24) is 26.2 Å². The van der Waals surface area contributed by atoms with Crippen LogP contribution in [0.15, 0.2) is 30.3 Å². The predicted molar refractivity (Wildman–Crippen MR) is 158 cm³/mol. The molecule has 1 aliphatic heterocycles. The van der Waals surface area contributed by atoms with Gasteiger partial charge in [0.2, 0.25) is 29.5 Å². The van der Waals surface area contributed by atoms with E-state index in [1.807, 2.05) is 30.3 Å². The van der Waals surface area contributed by atoms with E-state index in [1.165, 1.54) is 32.8 Å². The number of likely N-dealkylation sites (tertiary alicyclic amines) is 1. The molecule has 1 heterocycles. The minimum Gasteiger partial charge on any atom is -0.469 e. The second-order valence-electron chi connectivity index (χ2n) is 10.5. The van der Waals surface area contributed by atoms with Gasteiger partial charge in [0.25, 0.3) is 0 Å². The molecule has 0 bridgehead atoms. The minimum atomic E-state index is -1.04. The topological polar surface area (TPSA) is 183 Å². The maximum absolute atomic E-state index is 13.3. The minimum absolute atomic E-state index is 0.0799. The monoisotopic (exact) mass is 623 g/mol. The van der Waals surface area contributed by atoms with Gasteiger partial charge in [0.1, 0.15) is 24.2 Å². The van der Waals surface area contributed by atoms with Gasteiger partial charge in [-0.1, -0.05) is 30.3 Å². The van der Waals surface area contributed by atoms with E-state index in [-0.39, 0.29) is 18.7 Å². The summed E-state index contributed by atoms with van der Waals surface area (Å²) in [5, 5.41) is 20.8. The average Bonchev–Trinajstić information content (AvgIpc) is 3.49. The van der Waals surface area contributed by atoms with E-state index in [2.05, 4.69) is 26.0 Å². The molecule has 6 atom stereocenters. The summed E-state index contributed by atoms with van der Waals surface area (Å²) in [6, 6.07) is 4.88. The van der Waals surface area contributed by atoms with Crippen LogP contribution in [0, 0.1) is 0 Å². The molecule has 2 rings (SSSR count). The number of amides is 5. The number of hydrogen-bond acceptors (Lipinski definition) is 8. The van der Waals surface area contributed by atoms with Gasteiger partial charge in [0.15, 0.2) is 0 Å². The molecule has 1 saturated heterocycles. The molecular formula is C29H42ClN5O8. The molecule has 1 aromatic rings. The van der Waals surface area contributed by atoms with Crippen molar-refractivity contribution < 1.29 is 38.6 Å². The zero-order valence-corrected chi connectivity index (χ0v) is 25.7. The number of ether oxygens (including phenoxy) is 1. The Morgan fingerprint density at radius 1 is 0.930 bits per heavy atom. The molecule has 43 heavy (non-hydrogen) atoms. The first-order valence-corrected chi connectivity index (χ1v) is 14.8. The Bertz CT molecular complexity index is 1140. The highest BCUT2D eigenvalue weighted by molar-refractivity contribution is 6.18. The smallest absolute Gasteiger partial charge is 0.306 e. The number of nitrogens with zero attached hydrogens (tertiary/aromatic N) is 1. The van der Waals surface area contributed by atoms with E-state index in [0.717, 1.165) is 5.56 Å². The number of aliphatic hydroxyl groups excluding tert-OH is 1. The molecule has 0 aliphatic carbocycles. The van der Waals surface area contributed by atoms with Crippen LogP contribution < -0.4 is 21.3 Å². The van der Waals surface area contributed by atoms with E-state index in [4.69, 9.17) is 11.6 Å². The fraction of sp³-hybridized carbons (Fsp3) is 0.586. The van der Waals surface area contributed by atoms with Gasteiger partial charge in [-0.15, -0.1) is 11.6 Å². The predicted octanol–water partition coefficient (Wildman–Crippen LogP) is -0.228. The lowest BCUT2D eigenvalue weighted by molar-refractivity contribution is -0.142. The second-order valence-corrected chi connectivity index (χ2v) is 10.9. The van der Waals surface area contributed by atoms with Gasteiger partial charge in [-0.3, -0.25) is 28.8 Å². The number of methoxy groups -OCH3 is 1. The fourth-order valence-corrected chi connectivity index (χ4v) is 4.81. The van der Waals surface area contributed by atoms with Crippen LogP contribution in [0.1, 0.15) is 52.0 Å². The molecule has 238 valence electrons. The van der Waals surface area contributed by atoms with Crippen molar-refractivity contribution in [2.45, 2.75) is 89.2 Å². The van der Waals surface area contributed by atoms with Gasteiger partial charge in [0, 0.05) is 13.0 Å². The molecule has 0 aromatic heterocycles. The number of halogens is 1. The van der Waals surface area contributed by atoms with Crippen molar-refractivity contribution in [3.63, 3.8) is 0 Å². The molecule has 2 unspecified atom stereocenters. The summed E-state index contributed by atoms with van der Waals surface area (Å²) >= 11 is 5.88. The molecule has 5 N–H and O–H groups in total. The van der Waals surface area contributed by atoms with E-state index in [1.54, 1.807) is 0 Å². The number of rotatable bonds is 15. The number of nitrogens with one attached hydrogen (secondary N) is 4. The Hall–Kier alpha value is -3.71. The first kappa shape index (κ1) is 35.5. The summed E-state index contributed by atoms with van der Waals surface area (Å²) in [5.41, 5.74) is 0.907. The number of esters is 1. The fourth-order valence-electron chi connectivity index (χ4n) is 4.59. The molecule has 14 heteroatoms. The normalized spacial score (nSPS) is 17.9. The van der Waals surface area contributed by atoms with Crippen LogP contribution in [0.3, 0.4) is 0 Å². The van der Waals surface area contributed by atoms with Gasteiger partial charge in [-0.25, -0.2) is 0 Å². The molecule has 0 radical (unpaired) electrons. The number of carbonyl (C=O) groups is 6. The lowest BCUT2D eigenvalue weighted by Crippen LogP contribution is -2.57. The lowest BCUT2D eigenvalue weighted by Gasteiger charge is -2.30. The summed E-state index contributed by atoms with van der Waals surface area (Å²) in [7, 11) is 1.20. The third-order valence-electron chi connectivity index (χ3n) is 7.12.